The van der Waals surface area contributed by atoms with Gasteiger partial charge in [0.25, 0.3) is 0 Å². The van der Waals surface area contributed by atoms with E-state index in [-0.39, 0.29) is 0 Å². The number of anilines is 1. The second-order valence-electron chi connectivity index (χ2n) is 3.62. The van der Waals surface area contributed by atoms with Crippen molar-refractivity contribution in [2.45, 2.75) is 23.0 Å². The molecule has 0 atom stereocenters. The minimum absolute atomic E-state index is 0.625. The Hall–Kier alpha value is -0.380. The maximum Gasteiger partial charge on any atom is 0.0562 e. The van der Waals surface area contributed by atoms with Gasteiger partial charge in [0, 0.05) is 29.0 Å². The molecule has 1 fully saturated rings. The molecular weight excluding hydrogens is 230 g/mol. The van der Waals surface area contributed by atoms with Crippen LogP contribution in [0.1, 0.15) is 12.8 Å². The van der Waals surface area contributed by atoms with E-state index in [9.17, 15) is 0 Å². The Morgan fingerprint density at radius 1 is 1.33 bits per heavy atom. The van der Waals surface area contributed by atoms with Crippen LogP contribution in [0, 0.1) is 0 Å². The Bertz CT molecular complexity index is 339. The fraction of sp³-hybridized carbons (Fsp3) is 0.455. The van der Waals surface area contributed by atoms with Crippen LogP contribution in [0.25, 0.3) is 0 Å². The Morgan fingerprint density at radius 2 is 2.07 bits per heavy atom. The summed E-state index contributed by atoms with van der Waals surface area (Å²) in [6.45, 7) is 1.73. The molecule has 2 nitrogen and oxygen atoms in total. The minimum Gasteiger partial charge on any atom is -0.399 e. The van der Waals surface area contributed by atoms with Crippen molar-refractivity contribution < 1.29 is 4.74 Å². The molecule has 0 aromatic heterocycles. The number of nitrogen functional groups attached to an aromatic ring is 1. The first kappa shape index (κ1) is 11.1. The molecule has 1 aliphatic heterocycles. The maximum atomic E-state index is 6.12. The summed E-state index contributed by atoms with van der Waals surface area (Å²) in [6.07, 6.45) is 2.21. The number of hydrogen-bond acceptors (Lipinski definition) is 3. The zero-order valence-corrected chi connectivity index (χ0v) is 9.98. The van der Waals surface area contributed by atoms with Crippen molar-refractivity contribution in [3.05, 3.63) is 23.2 Å². The van der Waals surface area contributed by atoms with Crippen LogP contribution in [0.5, 0.6) is 0 Å². The first-order valence-electron chi connectivity index (χ1n) is 5.05. The fourth-order valence-electron chi connectivity index (χ4n) is 1.59. The van der Waals surface area contributed by atoms with Crippen molar-refractivity contribution in [3.63, 3.8) is 0 Å². The summed E-state index contributed by atoms with van der Waals surface area (Å²) in [5.41, 5.74) is 6.37. The maximum absolute atomic E-state index is 6.12. The number of nitrogens with two attached hydrogens (primary N) is 1. The molecule has 0 aliphatic carbocycles. The number of halogens is 1. The smallest absolute Gasteiger partial charge is 0.0562 e. The Labute approximate surface area is 99.1 Å². The molecule has 0 radical (unpaired) electrons. The van der Waals surface area contributed by atoms with Crippen molar-refractivity contribution in [1.82, 2.24) is 0 Å². The van der Waals surface area contributed by atoms with Crippen LogP contribution in [-0.4, -0.2) is 18.5 Å². The van der Waals surface area contributed by atoms with Gasteiger partial charge in [-0.3, -0.25) is 0 Å². The van der Waals surface area contributed by atoms with Crippen molar-refractivity contribution in [3.8, 4) is 0 Å². The van der Waals surface area contributed by atoms with Gasteiger partial charge in [0.15, 0.2) is 0 Å². The topological polar surface area (TPSA) is 35.2 Å². The van der Waals surface area contributed by atoms with Gasteiger partial charge in [0.1, 0.15) is 0 Å². The van der Waals surface area contributed by atoms with E-state index in [1.807, 2.05) is 30.0 Å². The Balaban J connectivity index is 2.03. The predicted octanol–water partition coefficient (Wildman–Crippen LogP) is 3.19. The summed E-state index contributed by atoms with van der Waals surface area (Å²) in [6, 6.07) is 5.70. The highest BCUT2D eigenvalue weighted by Gasteiger charge is 2.16. The number of hydrogen-bond donors (Lipinski definition) is 1. The fourth-order valence-corrected chi connectivity index (χ4v) is 3.01. The second kappa shape index (κ2) is 5.10. The average Bonchev–Trinajstić information content (AvgIpc) is 2.24. The Kier molecular flexibility index (Phi) is 3.78. The molecule has 82 valence electrons. The molecule has 0 bridgehead atoms. The second-order valence-corrected chi connectivity index (χ2v) is 5.37. The van der Waals surface area contributed by atoms with Crippen LogP contribution in [0.2, 0.25) is 5.02 Å². The van der Waals surface area contributed by atoms with E-state index in [0.29, 0.717) is 5.25 Å². The van der Waals surface area contributed by atoms with Gasteiger partial charge in [-0.2, -0.15) is 0 Å². The number of ether oxygens (including phenoxy) is 1. The molecule has 15 heavy (non-hydrogen) atoms. The summed E-state index contributed by atoms with van der Waals surface area (Å²) < 4.78 is 5.32. The summed E-state index contributed by atoms with van der Waals surface area (Å²) in [5, 5.41) is 1.38. The Morgan fingerprint density at radius 3 is 2.73 bits per heavy atom. The van der Waals surface area contributed by atoms with Gasteiger partial charge in [-0.15, -0.1) is 11.8 Å². The lowest BCUT2D eigenvalue weighted by Gasteiger charge is -2.21. The van der Waals surface area contributed by atoms with Gasteiger partial charge < -0.3 is 10.5 Å². The summed E-state index contributed by atoms with van der Waals surface area (Å²) in [7, 11) is 0. The van der Waals surface area contributed by atoms with Crippen molar-refractivity contribution >= 4 is 29.1 Å². The monoisotopic (exact) mass is 243 g/mol. The third kappa shape index (κ3) is 3.03. The predicted molar refractivity (Wildman–Crippen MR) is 65.6 cm³/mol. The lowest BCUT2D eigenvalue weighted by Crippen LogP contribution is -2.17. The van der Waals surface area contributed by atoms with Crippen molar-refractivity contribution in [1.29, 1.82) is 0 Å². The van der Waals surface area contributed by atoms with Crippen LogP contribution in [-0.2, 0) is 4.74 Å². The van der Waals surface area contributed by atoms with Gasteiger partial charge in [-0.05, 0) is 31.0 Å². The van der Waals surface area contributed by atoms with Crippen molar-refractivity contribution in [2.24, 2.45) is 0 Å². The van der Waals surface area contributed by atoms with Gasteiger partial charge >= 0.3 is 0 Å². The van der Waals surface area contributed by atoms with E-state index in [1.54, 1.807) is 0 Å². The van der Waals surface area contributed by atoms with E-state index in [1.165, 1.54) is 0 Å². The molecular formula is C11H14ClNOS. The molecule has 1 aromatic rings. The van der Waals surface area contributed by atoms with Gasteiger partial charge in [-0.1, -0.05) is 11.6 Å². The molecule has 0 spiro atoms. The molecule has 0 saturated carbocycles. The third-order valence-corrected chi connectivity index (χ3v) is 4.26. The van der Waals surface area contributed by atoms with Gasteiger partial charge in [0.2, 0.25) is 0 Å². The zero-order chi connectivity index (χ0) is 10.7. The average molecular weight is 244 g/mol. The third-order valence-electron chi connectivity index (χ3n) is 2.42. The van der Waals surface area contributed by atoms with Crippen molar-refractivity contribution in [2.75, 3.05) is 18.9 Å². The quantitative estimate of drug-likeness (QED) is 0.811. The summed E-state index contributed by atoms with van der Waals surface area (Å²) in [4.78, 5) is 1.12. The van der Waals surface area contributed by atoms with Gasteiger partial charge in [0.05, 0.1) is 5.02 Å². The first-order valence-corrected chi connectivity index (χ1v) is 6.31. The highest BCUT2D eigenvalue weighted by molar-refractivity contribution is 8.00. The minimum atomic E-state index is 0.625. The van der Waals surface area contributed by atoms with E-state index in [0.717, 1.165) is 41.7 Å². The highest BCUT2D eigenvalue weighted by atomic mass is 35.5. The van der Waals surface area contributed by atoms with E-state index in [4.69, 9.17) is 22.1 Å². The van der Waals surface area contributed by atoms with Crippen LogP contribution >= 0.6 is 23.4 Å². The highest BCUT2D eigenvalue weighted by Crippen LogP contribution is 2.35. The van der Waals surface area contributed by atoms with Crippen LogP contribution in [0.4, 0.5) is 5.69 Å². The van der Waals surface area contributed by atoms with Crippen LogP contribution in [0.3, 0.4) is 0 Å². The summed E-state index contributed by atoms with van der Waals surface area (Å²) >= 11 is 7.95. The molecule has 2 N–H and O–H groups in total. The molecule has 1 saturated heterocycles. The molecule has 1 heterocycles. The number of rotatable bonds is 2. The lowest BCUT2D eigenvalue weighted by atomic mass is 10.2. The number of benzene rings is 1. The molecule has 4 heteroatoms. The van der Waals surface area contributed by atoms with Crippen LogP contribution in [0.15, 0.2) is 23.1 Å². The van der Waals surface area contributed by atoms with E-state index >= 15 is 0 Å². The largest absolute Gasteiger partial charge is 0.399 e. The van der Waals surface area contributed by atoms with Crippen LogP contribution < -0.4 is 5.73 Å². The first-order chi connectivity index (χ1) is 7.25. The van der Waals surface area contributed by atoms with E-state index in [2.05, 4.69) is 0 Å². The molecule has 0 amide bonds. The van der Waals surface area contributed by atoms with Gasteiger partial charge in [-0.25, -0.2) is 0 Å². The molecule has 2 rings (SSSR count). The summed E-state index contributed by atoms with van der Waals surface area (Å²) in [5.74, 6) is 0. The number of thioether (sulfide) groups is 1. The van der Waals surface area contributed by atoms with E-state index < -0.39 is 0 Å². The zero-order valence-electron chi connectivity index (χ0n) is 8.41. The molecule has 1 aliphatic rings. The lowest BCUT2D eigenvalue weighted by molar-refractivity contribution is 0.100. The normalized spacial score (nSPS) is 17.9. The SMILES string of the molecule is Nc1ccc(SC2CCOCC2)c(Cl)c1. The molecule has 0 unspecified atom stereocenters. The molecule has 1 aromatic carbocycles. The standard InChI is InChI=1S/C11H14ClNOS/c12-10-7-8(13)1-2-11(10)15-9-3-5-14-6-4-9/h1-2,7,9H,3-6,13H2.